The van der Waals surface area contributed by atoms with Crippen LogP contribution >= 0.6 is 22.7 Å². The minimum Gasteiger partial charge on any atom is -0.748 e. The Morgan fingerprint density at radius 2 is 1.39 bits per heavy atom. The van der Waals surface area contributed by atoms with Gasteiger partial charge in [0.2, 0.25) is 0 Å². The van der Waals surface area contributed by atoms with Crippen LogP contribution in [-0.2, 0) is 16.7 Å². The fourth-order valence-electron chi connectivity index (χ4n) is 7.63. The maximum absolute atomic E-state index is 11.7. The van der Waals surface area contributed by atoms with Gasteiger partial charge < -0.3 is 14.4 Å². The number of thiazole rings is 2. The summed E-state index contributed by atoms with van der Waals surface area (Å²) >= 11 is 3.35. The number of aryl methyl sites for hydroxylation is 1. The van der Waals surface area contributed by atoms with Crippen LogP contribution in [0.15, 0.2) is 133 Å². The number of allylic oxidation sites excluding steroid dienone is 2. The summed E-state index contributed by atoms with van der Waals surface area (Å²) in [7, 11) is -4.37. The summed E-state index contributed by atoms with van der Waals surface area (Å²) in [6.07, 6.45) is 6.50. The quantitative estimate of drug-likeness (QED) is 0.0951. The molecule has 12 heteroatoms. The van der Waals surface area contributed by atoms with E-state index in [1.165, 1.54) is 0 Å². The second kappa shape index (κ2) is 14.8. The SMILES string of the molecule is CCN1/C(=C\C=C\c2n(-c3ccccc3)c3ccc(-c4nc5ccccc5s4)cc3[n+]2CC)N(CCCS(=O)(=O)[O-])c2cc(-c3nc4ccccc4s3)ccc21. The third-order valence-corrected chi connectivity index (χ3v) is 13.1. The van der Waals surface area contributed by atoms with Gasteiger partial charge in [0.05, 0.1) is 48.5 Å². The van der Waals surface area contributed by atoms with Crippen molar-refractivity contribution in [2.24, 2.45) is 0 Å². The standard InChI is InChI=1S/C44H38N6O3S3/c1-3-47-35-24-22-30(43-45-33-16-8-10-18-39(33)54-43)28-37(35)49(26-13-27-56(51,52)53)41(47)20-12-21-42-48(4-2)38-29-31(44-46-34-17-9-11-19-40(34)55-44)23-25-36(38)50(42)32-14-6-5-7-15-32/h5-12,14-25,28-29H,3-4,13,26-27H2,1-2H3. The van der Waals surface area contributed by atoms with Gasteiger partial charge in [0, 0.05) is 36.0 Å². The minimum atomic E-state index is -4.37. The summed E-state index contributed by atoms with van der Waals surface area (Å²) in [6.45, 7) is 6.07. The fourth-order valence-corrected chi connectivity index (χ4v) is 10.0. The van der Waals surface area contributed by atoms with Crippen LogP contribution in [0, 0.1) is 0 Å². The van der Waals surface area contributed by atoms with E-state index in [2.05, 4.69) is 130 Å². The number of rotatable bonds is 11. The van der Waals surface area contributed by atoms with Crippen LogP contribution in [0.1, 0.15) is 26.1 Å². The summed E-state index contributed by atoms with van der Waals surface area (Å²) in [5.74, 6) is 1.48. The highest BCUT2D eigenvalue weighted by Crippen LogP contribution is 2.45. The van der Waals surface area contributed by atoms with Gasteiger partial charge in [-0.1, -0.05) is 48.5 Å². The van der Waals surface area contributed by atoms with E-state index in [4.69, 9.17) is 9.97 Å². The molecule has 9 nitrogen and oxygen atoms in total. The lowest BCUT2D eigenvalue weighted by molar-refractivity contribution is -0.670. The molecular formula is C44H38N6O3S3. The van der Waals surface area contributed by atoms with Crippen molar-refractivity contribution in [2.75, 3.05) is 28.6 Å². The van der Waals surface area contributed by atoms with Crippen molar-refractivity contribution in [3.05, 3.63) is 139 Å². The van der Waals surface area contributed by atoms with Gasteiger partial charge in [-0.25, -0.2) is 23.0 Å². The van der Waals surface area contributed by atoms with Gasteiger partial charge in [0.1, 0.15) is 21.5 Å². The Kier molecular flexibility index (Phi) is 9.50. The number of anilines is 2. The smallest absolute Gasteiger partial charge is 0.287 e. The lowest BCUT2D eigenvalue weighted by Crippen LogP contribution is -2.35. The maximum Gasteiger partial charge on any atom is 0.287 e. The van der Waals surface area contributed by atoms with Crippen LogP contribution in [-0.4, -0.2) is 46.3 Å². The largest absolute Gasteiger partial charge is 0.748 e. The molecule has 4 heterocycles. The van der Waals surface area contributed by atoms with Crippen molar-refractivity contribution in [3.8, 4) is 26.8 Å². The maximum atomic E-state index is 11.7. The van der Waals surface area contributed by atoms with Crippen molar-refractivity contribution < 1.29 is 17.5 Å². The molecular weight excluding hydrogens is 757 g/mol. The monoisotopic (exact) mass is 794 g/mol. The Hall–Kier alpha value is -5.66. The molecule has 0 unspecified atom stereocenters. The molecule has 280 valence electrons. The van der Waals surface area contributed by atoms with Crippen LogP contribution in [0.4, 0.5) is 11.4 Å². The number of imidazole rings is 1. The highest BCUT2D eigenvalue weighted by molar-refractivity contribution is 7.85. The van der Waals surface area contributed by atoms with E-state index in [-0.39, 0.29) is 6.42 Å². The van der Waals surface area contributed by atoms with Gasteiger partial charge in [-0.2, -0.15) is 4.57 Å². The van der Waals surface area contributed by atoms with Crippen molar-refractivity contribution in [3.63, 3.8) is 0 Å². The van der Waals surface area contributed by atoms with E-state index < -0.39 is 15.9 Å². The van der Waals surface area contributed by atoms with Gasteiger partial charge >= 0.3 is 0 Å². The van der Waals surface area contributed by atoms with Crippen molar-refractivity contribution in [1.29, 1.82) is 0 Å². The molecule has 0 saturated heterocycles. The van der Waals surface area contributed by atoms with Gasteiger partial charge in [-0.3, -0.25) is 0 Å². The predicted molar refractivity (Wildman–Crippen MR) is 229 cm³/mol. The Bertz CT molecular complexity index is 2860. The molecule has 8 aromatic rings. The molecule has 1 aliphatic heterocycles. The summed E-state index contributed by atoms with van der Waals surface area (Å²) in [5.41, 5.74) is 9.23. The molecule has 0 spiro atoms. The Morgan fingerprint density at radius 3 is 2.04 bits per heavy atom. The Labute approximate surface area is 333 Å². The molecule has 56 heavy (non-hydrogen) atoms. The molecule has 5 aromatic carbocycles. The first kappa shape index (κ1) is 36.0. The normalized spacial score (nSPS) is 14.0. The number of hydrogen-bond acceptors (Lipinski definition) is 9. The first-order valence-electron chi connectivity index (χ1n) is 18.7. The highest BCUT2D eigenvalue weighted by Gasteiger charge is 2.31. The average Bonchev–Trinajstić information content (AvgIpc) is 3.98. The number of fused-ring (bicyclic) bond motifs is 4. The van der Waals surface area contributed by atoms with E-state index in [1.807, 2.05) is 36.4 Å². The summed E-state index contributed by atoms with van der Waals surface area (Å²) < 4.78 is 42.0. The average molecular weight is 795 g/mol. The van der Waals surface area contributed by atoms with Gasteiger partial charge in [0.15, 0.2) is 11.0 Å². The molecule has 0 atom stereocenters. The zero-order valence-corrected chi connectivity index (χ0v) is 33.3. The Balaban J connectivity index is 1.14. The van der Waals surface area contributed by atoms with E-state index in [9.17, 15) is 13.0 Å². The second-order valence-corrected chi connectivity index (χ2v) is 17.1. The van der Waals surface area contributed by atoms with Crippen LogP contribution in [0.3, 0.4) is 0 Å². The molecule has 1 aliphatic rings. The van der Waals surface area contributed by atoms with E-state index in [1.54, 1.807) is 22.7 Å². The number of para-hydroxylation sites is 3. The van der Waals surface area contributed by atoms with Crippen LogP contribution in [0.2, 0.25) is 0 Å². The first-order valence-corrected chi connectivity index (χ1v) is 21.9. The van der Waals surface area contributed by atoms with Gasteiger partial charge in [0.25, 0.3) is 5.82 Å². The molecule has 0 fully saturated rings. The van der Waals surface area contributed by atoms with Crippen LogP contribution in [0.5, 0.6) is 0 Å². The van der Waals surface area contributed by atoms with Crippen molar-refractivity contribution in [1.82, 2.24) is 14.5 Å². The molecule has 0 saturated carbocycles. The first-order chi connectivity index (χ1) is 27.3. The van der Waals surface area contributed by atoms with E-state index >= 15 is 0 Å². The third kappa shape index (κ3) is 6.68. The molecule has 0 aliphatic carbocycles. The Morgan fingerprint density at radius 1 is 0.750 bits per heavy atom. The van der Waals surface area contributed by atoms with Crippen molar-refractivity contribution >= 4 is 81.7 Å². The zero-order chi connectivity index (χ0) is 38.4. The molecule has 0 N–H and O–H groups in total. The molecule has 3 aromatic heterocycles. The summed E-state index contributed by atoms with van der Waals surface area (Å²) in [6, 6.07) is 39.7. The molecule has 0 radical (unpaired) electrons. The molecule has 0 bridgehead atoms. The van der Waals surface area contributed by atoms with Crippen LogP contribution < -0.4 is 14.4 Å². The molecule has 0 amide bonds. The highest BCUT2D eigenvalue weighted by atomic mass is 32.2. The van der Waals surface area contributed by atoms with Crippen molar-refractivity contribution in [2.45, 2.75) is 26.8 Å². The second-order valence-electron chi connectivity index (χ2n) is 13.5. The summed E-state index contributed by atoms with van der Waals surface area (Å²) in [5, 5.41) is 1.90. The van der Waals surface area contributed by atoms with Gasteiger partial charge in [-0.15, -0.1) is 22.7 Å². The third-order valence-electron chi connectivity index (χ3n) is 10.1. The summed E-state index contributed by atoms with van der Waals surface area (Å²) in [4.78, 5) is 14.2. The number of hydrogen-bond donors (Lipinski definition) is 0. The number of nitrogens with zero attached hydrogens (tertiary/aromatic N) is 6. The fraction of sp³-hybridized carbons (Fsp3) is 0.159. The minimum absolute atomic E-state index is 0.199. The topological polar surface area (TPSA) is 98.3 Å². The van der Waals surface area contributed by atoms with E-state index in [0.717, 1.165) is 87.9 Å². The number of benzene rings is 5. The van der Waals surface area contributed by atoms with Crippen LogP contribution in [0.25, 0.3) is 64.4 Å². The van der Waals surface area contributed by atoms with Gasteiger partial charge in [-0.05, 0) is 99.1 Å². The lowest BCUT2D eigenvalue weighted by Gasteiger charge is -2.24. The predicted octanol–water partition coefficient (Wildman–Crippen LogP) is 9.63. The van der Waals surface area contributed by atoms with E-state index in [0.29, 0.717) is 13.1 Å². The zero-order valence-electron chi connectivity index (χ0n) is 30.9. The molecule has 9 rings (SSSR count). The lowest BCUT2D eigenvalue weighted by atomic mass is 10.1. The number of aromatic nitrogens is 4.